The van der Waals surface area contributed by atoms with E-state index >= 15 is 0 Å². The van der Waals surface area contributed by atoms with Crippen LogP contribution in [0.2, 0.25) is 5.02 Å². The zero-order chi connectivity index (χ0) is 23.1. The Hall–Kier alpha value is -3.29. The van der Waals surface area contributed by atoms with Gasteiger partial charge in [0.15, 0.2) is 0 Å². The van der Waals surface area contributed by atoms with Crippen LogP contribution in [0.3, 0.4) is 0 Å². The fourth-order valence-electron chi connectivity index (χ4n) is 3.15. The summed E-state index contributed by atoms with van der Waals surface area (Å²) in [5.41, 5.74) is 1.36. The van der Waals surface area contributed by atoms with E-state index in [9.17, 15) is 13.2 Å². The van der Waals surface area contributed by atoms with Crippen LogP contribution in [0.1, 0.15) is 15.9 Å². The first-order valence-electron chi connectivity index (χ1n) is 9.77. The summed E-state index contributed by atoms with van der Waals surface area (Å²) in [7, 11) is -2.44. The first-order chi connectivity index (χ1) is 15.4. The van der Waals surface area contributed by atoms with Crippen LogP contribution >= 0.6 is 11.6 Å². The molecule has 0 saturated heterocycles. The predicted molar refractivity (Wildman–Crippen MR) is 127 cm³/mol. The van der Waals surface area contributed by atoms with Gasteiger partial charge in [-0.1, -0.05) is 54.1 Å². The fourth-order valence-corrected chi connectivity index (χ4v) is 4.94. The zero-order valence-corrected chi connectivity index (χ0v) is 19.1. The molecule has 8 heteroatoms. The number of amides is 1. The summed E-state index contributed by atoms with van der Waals surface area (Å²) in [5.74, 6) is 0.255. The Bertz CT molecular complexity index is 1230. The molecule has 0 spiro atoms. The van der Waals surface area contributed by atoms with Gasteiger partial charge < -0.3 is 10.1 Å². The Kier molecular flexibility index (Phi) is 7.56. The number of sulfonamides is 1. The standard InChI is InChI=1S/C24H23ClN2O4S/c1-3-15-27(22-13-6-5-12-21(22)25)32(29,30)20-11-8-10-18(16-20)24(28)26-17-19-9-4-7-14-23(19)31-2/h3-14,16H,1,15,17H2,2H3,(H,26,28). The third-order valence-electron chi connectivity index (χ3n) is 4.73. The minimum Gasteiger partial charge on any atom is -0.496 e. The van der Waals surface area contributed by atoms with Gasteiger partial charge in [0, 0.05) is 17.7 Å². The van der Waals surface area contributed by atoms with E-state index in [1.807, 2.05) is 18.2 Å². The topological polar surface area (TPSA) is 75.7 Å². The third-order valence-corrected chi connectivity index (χ3v) is 6.83. The summed E-state index contributed by atoms with van der Waals surface area (Å²) >= 11 is 6.24. The molecule has 3 aromatic rings. The van der Waals surface area contributed by atoms with Crippen molar-refractivity contribution in [1.82, 2.24) is 5.32 Å². The molecule has 0 saturated carbocycles. The van der Waals surface area contributed by atoms with Crippen molar-refractivity contribution in [3.8, 4) is 5.75 Å². The van der Waals surface area contributed by atoms with Crippen LogP contribution in [0, 0.1) is 0 Å². The van der Waals surface area contributed by atoms with Gasteiger partial charge in [0.2, 0.25) is 0 Å². The summed E-state index contributed by atoms with van der Waals surface area (Å²) in [6.45, 7) is 3.91. The van der Waals surface area contributed by atoms with Crippen LogP contribution in [-0.2, 0) is 16.6 Å². The second-order valence-electron chi connectivity index (χ2n) is 6.80. The highest BCUT2D eigenvalue weighted by Crippen LogP contribution is 2.30. The molecule has 0 radical (unpaired) electrons. The highest BCUT2D eigenvalue weighted by Gasteiger charge is 2.26. The highest BCUT2D eigenvalue weighted by molar-refractivity contribution is 7.92. The van der Waals surface area contributed by atoms with E-state index in [-0.39, 0.29) is 23.5 Å². The number of carbonyl (C=O) groups excluding carboxylic acids is 1. The number of anilines is 1. The van der Waals surface area contributed by atoms with Gasteiger partial charge in [-0.3, -0.25) is 9.10 Å². The van der Waals surface area contributed by atoms with Crippen LogP contribution in [0.25, 0.3) is 0 Å². The molecule has 3 aromatic carbocycles. The maximum Gasteiger partial charge on any atom is 0.264 e. The quantitative estimate of drug-likeness (QED) is 0.461. The van der Waals surface area contributed by atoms with Crippen LogP contribution in [0.4, 0.5) is 5.69 Å². The minimum absolute atomic E-state index is 0.0239. The Morgan fingerprint density at radius 1 is 1.09 bits per heavy atom. The number of hydrogen-bond acceptors (Lipinski definition) is 4. The lowest BCUT2D eigenvalue weighted by Gasteiger charge is -2.24. The number of nitrogens with one attached hydrogen (secondary N) is 1. The molecule has 1 N–H and O–H groups in total. The molecule has 166 valence electrons. The number of nitrogens with zero attached hydrogens (tertiary/aromatic N) is 1. The van der Waals surface area contributed by atoms with E-state index in [2.05, 4.69) is 11.9 Å². The second kappa shape index (κ2) is 10.3. The molecule has 1 amide bonds. The average Bonchev–Trinajstić information content (AvgIpc) is 2.81. The lowest BCUT2D eigenvalue weighted by atomic mass is 10.2. The number of hydrogen-bond donors (Lipinski definition) is 1. The first kappa shape index (κ1) is 23.4. The first-order valence-corrected chi connectivity index (χ1v) is 11.6. The normalized spacial score (nSPS) is 10.9. The zero-order valence-electron chi connectivity index (χ0n) is 17.5. The van der Waals surface area contributed by atoms with Crippen LogP contribution in [0.15, 0.2) is 90.3 Å². The third kappa shape index (κ3) is 5.12. The predicted octanol–water partition coefficient (Wildman–Crippen LogP) is 4.66. The Morgan fingerprint density at radius 3 is 2.53 bits per heavy atom. The van der Waals surface area contributed by atoms with Gasteiger partial charge >= 0.3 is 0 Å². The highest BCUT2D eigenvalue weighted by atomic mass is 35.5. The molecule has 32 heavy (non-hydrogen) atoms. The molecule has 0 aliphatic rings. The maximum atomic E-state index is 13.4. The average molecular weight is 471 g/mol. The maximum absolute atomic E-state index is 13.4. The molecule has 0 fully saturated rings. The van der Waals surface area contributed by atoms with E-state index < -0.39 is 15.9 Å². The Balaban J connectivity index is 1.87. The summed E-state index contributed by atoms with van der Waals surface area (Å²) in [6, 6.07) is 19.9. The monoisotopic (exact) mass is 470 g/mol. The molecular weight excluding hydrogens is 448 g/mol. The van der Waals surface area contributed by atoms with Gasteiger partial charge in [-0.25, -0.2) is 8.42 Å². The van der Waals surface area contributed by atoms with Gasteiger partial charge in [-0.05, 0) is 36.4 Å². The van der Waals surface area contributed by atoms with Crippen LogP contribution in [-0.4, -0.2) is 28.0 Å². The van der Waals surface area contributed by atoms with Gasteiger partial charge in [-0.2, -0.15) is 0 Å². The molecule has 0 bridgehead atoms. The SMILES string of the molecule is C=CCN(c1ccccc1Cl)S(=O)(=O)c1cccc(C(=O)NCc2ccccc2OC)c1. The van der Waals surface area contributed by atoms with Crippen molar-refractivity contribution < 1.29 is 17.9 Å². The number of benzene rings is 3. The summed E-state index contributed by atoms with van der Waals surface area (Å²) in [6.07, 6.45) is 1.48. The van der Waals surface area contributed by atoms with Gasteiger partial charge in [0.25, 0.3) is 15.9 Å². The van der Waals surface area contributed by atoms with Crippen molar-refractivity contribution in [2.45, 2.75) is 11.4 Å². The molecule has 0 aromatic heterocycles. The fraction of sp³-hybridized carbons (Fsp3) is 0.125. The Morgan fingerprint density at radius 2 is 1.81 bits per heavy atom. The van der Waals surface area contributed by atoms with Crippen LogP contribution in [0.5, 0.6) is 5.75 Å². The van der Waals surface area contributed by atoms with E-state index in [1.54, 1.807) is 43.5 Å². The second-order valence-corrected chi connectivity index (χ2v) is 9.07. The van der Waals surface area contributed by atoms with Crippen molar-refractivity contribution >= 4 is 33.2 Å². The summed E-state index contributed by atoms with van der Waals surface area (Å²) in [4.78, 5) is 12.7. The van der Waals surface area contributed by atoms with E-state index in [0.717, 1.165) is 9.87 Å². The molecule has 0 aliphatic carbocycles. The van der Waals surface area contributed by atoms with Gasteiger partial charge in [0.05, 0.1) is 29.3 Å². The number of carbonyl (C=O) groups is 1. The molecule has 0 heterocycles. The van der Waals surface area contributed by atoms with E-state index in [4.69, 9.17) is 16.3 Å². The number of rotatable bonds is 9. The minimum atomic E-state index is -3.99. The number of methoxy groups -OCH3 is 1. The van der Waals surface area contributed by atoms with E-state index in [1.165, 1.54) is 24.3 Å². The smallest absolute Gasteiger partial charge is 0.264 e. The lowest BCUT2D eigenvalue weighted by molar-refractivity contribution is 0.0950. The number of para-hydroxylation sites is 2. The lowest BCUT2D eigenvalue weighted by Crippen LogP contribution is -2.31. The molecular formula is C24H23ClN2O4S. The molecule has 0 atom stereocenters. The molecule has 0 aliphatic heterocycles. The molecule has 6 nitrogen and oxygen atoms in total. The largest absolute Gasteiger partial charge is 0.496 e. The van der Waals surface area contributed by atoms with Crippen LogP contribution < -0.4 is 14.4 Å². The molecule has 0 unspecified atom stereocenters. The molecule has 3 rings (SSSR count). The van der Waals surface area contributed by atoms with E-state index in [0.29, 0.717) is 16.5 Å². The van der Waals surface area contributed by atoms with Gasteiger partial charge in [0.1, 0.15) is 5.75 Å². The van der Waals surface area contributed by atoms with Gasteiger partial charge in [-0.15, -0.1) is 6.58 Å². The summed E-state index contributed by atoms with van der Waals surface area (Å²) < 4.78 is 33.2. The van der Waals surface area contributed by atoms with Crippen molar-refractivity contribution in [1.29, 1.82) is 0 Å². The summed E-state index contributed by atoms with van der Waals surface area (Å²) in [5, 5.41) is 3.09. The van der Waals surface area contributed by atoms with Crippen molar-refractivity contribution in [2.24, 2.45) is 0 Å². The number of halogens is 1. The van der Waals surface area contributed by atoms with Crippen molar-refractivity contribution in [3.63, 3.8) is 0 Å². The Labute approximate surface area is 193 Å². The number of ether oxygens (including phenoxy) is 1. The van der Waals surface area contributed by atoms with Crippen molar-refractivity contribution in [2.75, 3.05) is 18.0 Å². The van der Waals surface area contributed by atoms with Crippen molar-refractivity contribution in [3.05, 3.63) is 102 Å².